The van der Waals surface area contributed by atoms with Crippen LogP contribution in [0.2, 0.25) is 5.02 Å². The van der Waals surface area contributed by atoms with Gasteiger partial charge in [0.2, 0.25) is 0 Å². The first-order chi connectivity index (χ1) is 6.84. The van der Waals surface area contributed by atoms with Crippen LogP contribution in [0.15, 0.2) is 24.3 Å². The van der Waals surface area contributed by atoms with E-state index in [1.165, 1.54) is 12.8 Å². The molecule has 76 valence electrons. The number of rotatable bonds is 5. The predicted molar refractivity (Wildman–Crippen MR) is 61.0 cm³/mol. The second-order valence-electron chi connectivity index (χ2n) is 3.67. The quantitative estimate of drug-likeness (QED) is 0.730. The summed E-state index contributed by atoms with van der Waals surface area (Å²) in [5.41, 5.74) is 1.09. The zero-order valence-corrected chi connectivity index (χ0v) is 8.85. The summed E-state index contributed by atoms with van der Waals surface area (Å²) in [6.45, 7) is 1.98. The third-order valence-corrected chi connectivity index (χ3v) is 2.52. The van der Waals surface area contributed by atoms with Gasteiger partial charge in [-0.2, -0.15) is 0 Å². The highest BCUT2D eigenvalue weighted by Gasteiger charge is 2.19. The van der Waals surface area contributed by atoms with Gasteiger partial charge in [-0.3, -0.25) is 0 Å². The van der Waals surface area contributed by atoms with Gasteiger partial charge in [0, 0.05) is 29.8 Å². The number of halogens is 1. The van der Waals surface area contributed by atoms with Crippen LogP contribution in [0, 0.1) is 0 Å². The van der Waals surface area contributed by atoms with E-state index in [1.807, 2.05) is 24.3 Å². The maximum atomic E-state index is 5.86. The minimum Gasteiger partial charge on any atom is -0.384 e. The van der Waals surface area contributed by atoms with E-state index < -0.39 is 0 Å². The Bertz CT molecular complexity index is 297. The van der Waals surface area contributed by atoms with Crippen molar-refractivity contribution in [1.29, 1.82) is 0 Å². The molecule has 1 saturated carbocycles. The van der Waals surface area contributed by atoms with Crippen molar-refractivity contribution in [2.24, 2.45) is 0 Å². The van der Waals surface area contributed by atoms with Gasteiger partial charge in [-0.15, -0.1) is 0 Å². The molecule has 0 aromatic heterocycles. The van der Waals surface area contributed by atoms with Crippen molar-refractivity contribution in [1.82, 2.24) is 5.32 Å². The Morgan fingerprint density at radius 2 is 2.14 bits per heavy atom. The van der Waals surface area contributed by atoms with Gasteiger partial charge < -0.3 is 10.6 Å². The van der Waals surface area contributed by atoms with E-state index in [2.05, 4.69) is 10.6 Å². The number of benzene rings is 1. The van der Waals surface area contributed by atoms with Gasteiger partial charge in [0.15, 0.2) is 0 Å². The van der Waals surface area contributed by atoms with Crippen molar-refractivity contribution in [3.63, 3.8) is 0 Å². The molecule has 1 aliphatic carbocycles. The van der Waals surface area contributed by atoms with E-state index in [0.29, 0.717) is 0 Å². The lowest BCUT2D eigenvalue weighted by Crippen LogP contribution is -2.23. The fourth-order valence-corrected chi connectivity index (χ4v) is 1.56. The molecule has 0 atom stereocenters. The summed E-state index contributed by atoms with van der Waals surface area (Å²) >= 11 is 5.86. The smallest absolute Gasteiger partial charge is 0.0426 e. The standard InChI is InChI=1S/C11H15ClN2/c12-9-2-1-3-11(8-9)14-7-6-13-10-4-5-10/h1-3,8,10,13-14H,4-7H2. The van der Waals surface area contributed by atoms with Gasteiger partial charge in [-0.1, -0.05) is 17.7 Å². The van der Waals surface area contributed by atoms with Crippen LogP contribution in [-0.2, 0) is 0 Å². The summed E-state index contributed by atoms with van der Waals surface area (Å²) in [5, 5.41) is 7.55. The van der Waals surface area contributed by atoms with Gasteiger partial charge in [-0.05, 0) is 31.0 Å². The van der Waals surface area contributed by atoms with E-state index in [9.17, 15) is 0 Å². The average Bonchev–Trinajstić information content (AvgIpc) is 2.96. The van der Waals surface area contributed by atoms with E-state index in [4.69, 9.17) is 11.6 Å². The van der Waals surface area contributed by atoms with Crippen LogP contribution in [0.25, 0.3) is 0 Å². The van der Waals surface area contributed by atoms with Crippen LogP contribution in [-0.4, -0.2) is 19.1 Å². The van der Waals surface area contributed by atoms with E-state index in [1.54, 1.807) is 0 Å². The lowest BCUT2D eigenvalue weighted by molar-refractivity contribution is 0.701. The first kappa shape index (κ1) is 9.81. The molecule has 0 radical (unpaired) electrons. The molecule has 0 amide bonds. The molecular formula is C11H15ClN2. The maximum Gasteiger partial charge on any atom is 0.0426 e. The molecule has 14 heavy (non-hydrogen) atoms. The maximum absolute atomic E-state index is 5.86. The largest absolute Gasteiger partial charge is 0.384 e. The summed E-state index contributed by atoms with van der Waals surface area (Å²) in [6, 6.07) is 8.60. The van der Waals surface area contributed by atoms with Gasteiger partial charge >= 0.3 is 0 Å². The molecule has 2 nitrogen and oxygen atoms in total. The van der Waals surface area contributed by atoms with Crippen molar-refractivity contribution < 1.29 is 0 Å². The van der Waals surface area contributed by atoms with Crippen LogP contribution in [0.1, 0.15) is 12.8 Å². The molecule has 0 unspecified atom stereocenters. The minimum absolute atomic E-state index is 0.783. The minimum atomic E-state index is 0.783. The monoisotopic (exact) mass is 210 g/mol. The number of anilines is 1. The molecule has 0 saturated heterocycles. The van der Waals surface area contributed by atoms with Crippen LogP contribution < -0.4 is 10.6 Å². The highest BCUT2D eigenvalue weighted by Crippen LogP contribution is 2.18. The Balaban J connectivity index is 1.68. The van der Waals surface area contributed by atoms with Gasteiger partial charge in [0.25, 0.3) is 0 Å². The molecule has 0 bridgehead atoms. The van der Waals surface area contributed by atoms with Crippen molar-refractivity contribution >= 4 is 17.3 Å². The molecule has 0 spiro atoms. The molecule has 3 heteroatoms. The first-order valence-corrected chi connectivity index (χ1v) is 5.45. The Hall–Kier alpha value is -0.730. The zero-order valence-electron chi connectivity index (χ0n) is 8.09. The molecular weight excluding hydrogens is 196 g/mol. The number of hydrogen-bond acceptors (Lipinski definition) is 2. The summed E-state index contributed by atoms with van der Waals surface area (Å²) in [7, 11) is 0. The fourth-order valence-electron chi connectivity index (χ4n) is 1.37. The summed E-state index contributed by atoms with van der Waals surface area (Å²) in [5.74, 6) is 0. The number of hydrogen-bond donors (Lipinski definition) is 2. The molecule has 0 heterocycles. The highest BCUT2D eigenvalue weighted by molar-refractivity contribution is 6.30. The van der Waals surface area contributed by atoms with Crippen LogP contribution >= 0.6 is 11.6 Å². The number of nitrogens with one attached hydrogen (secondary N) is 2. The third kappa shape index (κ3) is 3.20. The zero-order chi connectivity index (χ0) is 9.80. The van der Waals surface area contributed by atoms with Gasteiger partial charge in [0.1, 0.15) is 0 Å². The van der Waals surface area contributed by atoms with Crippen LogP contribution in [0.4, 0.5) is 5.69 Å². The van der Waals surface area contributed by atoms with Gasteiger partial charge in [0.05, 0.1) is 0 Å². The average molecular weight is 211 g/mol. The van der Waals surface area contributed by atoms with E-state index >= 15 is 0 Å². The summed E-state index contributed by atoms with van der Waals surface area (Å²) < 4.78 is 0. The van der Waals surface area contributed by atoms with E-state index in [0.717, 1.165) is 29.8 Å². The Morgan fingerprint density at radius 1 is 1.29 bits per heavy atom. The Morgan fingerprint density at radius 3 is 2.86 bits per heavy atom. The van der Waals surface area contributed by atoms with Crippen LogP contribution in [0.5, 0.6) is 0 Å². The Kier molecular flexibility index (Phi) is 3.27. The normalized spacial score (nSPS) is 15.5. The van der Waals surface area contributed by atoms with Crippen molar-refractivity contribution in [2.75, 3.05) is 18.4 Å². The van der Waals surface area contributed by atoms with Crippen molar-refractivity contribution in [3.05, 3.63) is 29.3 Å². The SMILES string of the molecule is Clc1cccc(NCCNC2CC2)c1. The van der Waals surface area contributed by atoms with Crippen LogP contribution in [0.3, 0.4) is 0 Å². The molecule has 1 aromatic carbocycles. The topological polar surface area (TPSA) is 24.1 Å². The Labute approximate surface area is 89.7 Å². The van der Waals surface area contributed by atoms with Gasteiger partial charge in [-0.25, -0.2) is 0 Å². The highest BCUT2D eigenvalue weighted by atomic mass is 35.5. The second-order valence-corrected chi connectivity index (χ2v) is 4.10. The fraction of sp³-hybridized carbons (Fsp3) is 0.455. The third-order valence-electron chi connectivity index (χ3n) is 2.29. The van der Waals surface area contributed by atoms with Crippen molar-refractivity contribution in [2.45, 2.75) is 18.9 Å². The lowest BCUT2D eigenvalue weighted by atomic mass is 10.3. The summed E-state index contributed by atoms with van der Waals surface area (Å²) in [4.78, 5) is 0. The van der Waals surface area contributed by atoms with Crippen molar-refractivity contribution in [3.8, 4) is 0 Å². The molecule has 0 aliphatic heterocycles. The second kappa shape index (κ2) is 4.67. The predicted octanol–water partition coefficient (Wildman–Crippen LogP) is 2.50. The molecule has 1 aromatic rings. The lowest BCUT2D eigenvalue weighted by Gasteiger charge is -2.06. The molecule has 2 rings (SSSR count). The summed E-state index contributed by atoms with van der Waals surface area (Å²) in [6.07, 6.45) is 2.69. The first-order valence-electron chi connectivity index (χ1n) is 5.07. The molecule has 1 aliphatic rings. The molecule has 1 fully saturated rings. The van der Waals surface area contributed by atoms with E-state index in [-0.39, 0.29) is 0 Å². The molecule has 2 N–H and O–H groups in total.